The molecule has 1 aliphatic rings. The Hall–Kier alpha value is -1.62. The molecular weight excluding hydrogens is 283 g/mol. The van der Waals surface area contributed by atoms with Gasteiger partial charge in [0.25, 0.3) is 0 Å². The lowest BCUT2D eigenvalue weighted by Crippen LogP contribution is -2.43. The first-order valence-corrected chi connectivity index (χ1v) is 8.10. The van der Waals surface area contributed by atoms with Gasteiger partial charge in [-0.1, -0.05) is 31.4 Å². The smallest absolute Gasteiger partial charge is 0.315 e. The van der Waals surface area contributed by atoms with Crippen LogP contribution in [-0.4, -0.2) is 25.2 Å². The van der Waals surface area contributed by atoms with Crippen LogP contribution in [0.1, 0.15) is 44.1 Å². The normalized spacial score (nSPS) is 15.5. The van der Waals surface area contributed by atoms with Crippen LogP contribution in [0.2, 0.25) is 0 Å². The summed E-state index contributed by atoms with van der Waals surface area (Å²) in [6.45, 7) is 1.64. The molecule has 122 valence electrons. The monoisotopic (exact) mass is 308 g/mol. The standard InChI is InChI=1S/C17H25FN2O2/c18-15-9-7-14(8-10-15)13-22-12-4-11-19-17(21)20-16-5-2-1-3-6-16/h7-10,16H,1-6,11-13H2,(H2,19,20,21). The van der Waals surface area contributed by atoms with Gasteiger partial charge in [0, 0.05) is 19.2 Å². The number of hydrogen-bond donors (Lipinski definition) is 2. The molecule has 1 saturated carbocycles. The van der Waals surface area contributed by atoms with E-state index in [9.17, 15) is 9.18 Å². The lowest BCUT2D eigenvalue weighted by molar-refractivity contribution is 0.118. The van der Waals surface area contributed by atoms with E-state index in [0.29, 0.717) is 25.8 Å². The maximum Gasteiger partial charge on any atom is 0.315 e. The predicted octanol–water partition coefficient (Wildman–Crippen LogP) is 3.36. The van der Waals surface area contributed by atoms with E-state index in [1.165, 1.54) is 31.4 Å². The Morgan fingerprint density at radius 1 is 1.18 bits per heavy atom. The largest absolute Gasteiger partial charge is 0.377 e. The van der Waals surface area contributed by atoms with Gasteiger partial charge in [-0.05, 0) is 37.0 Å². The molecule has 0 atom stereocenters. The van der Waals surface area contributed by atoms with E-state index in [1.54, 1.807) is 12.1 Å². The molecule has 2 N–H and O–H groups in total. The number of urea groups is 1. The minimum Gasteiger partial charge on any atom is -0.377 e. The zero-order chi connectivity index (χ0) is 15.6. The average Bonchev–Trinajstić information content (AvgIpc) is 2.53. The molecule has 0 unspecified atom stereocenters. The van der Waals surface area contributed by atoms with Gasteiger partial charge in [-0.2, -0.15) is 0 Å². The number of amides is 2. The molecule has 0 heterocycles. The fourth-order valence-corrected chi connectivity index (χ4v) is 2.63. The van der Waals surface area contributed by atoms with E-state index in [1.807, 2.05) is 0 Å². The number of rotatable bonds is 7. The zero-order valence-electron chi connectivity index (χ0n) is 12.9. The molecule has 1 fully saturated rings. The summed E-state index contributed by atoms with van der Waals surface area (Å²) in [6, 6.07) is 6.54. The Kier molecular flexibility index (Phi) is 7.16. The SMILES string of the molecule is O=C(NCCCOCc1ccc(F)cc1)NC1CCCCC1. The second-order valence-electron chi connectivity index (χ2n) is 5.77. The Morgan fingerprint density at radius 3 is 2.64 bits per heavy atom. The van der Waals surface area contributed by atoms with Crippen molar-refractivity contribution in [3.05, 3.63) is 35.6 Å². The van der Waals surface area contributed by atoms with Crippen molar-refractivity contribution in [3.8, 4) is 0 Å². The third-order valence-corrected chi connectivity index (χ3v) is 3.87. The van der Waals surface area contributed by atoms with Gasteiger partial charge in [-0.3, -0.25) is 0 Å². The number of hydrogen-bond acceptors (Lipinski definition) is 2. The van der Waals surface area contributed by atoms with Gasteiger partial charge in [0.05, 0.1) is 6.61 Å². The Balaban J connectivity index is 1.48. The van der Waals surface area contributed by atoms with Crippen LogP contribution in [0.25, 0.3) is 0 Å². The number of halogens is 1. The minimum atomic E-state index is -0.239. The summed E-state index contributed by atoms with van der Waals surface area (Å²) in [7, 11) is 0. The topological polar surface area (TPSA) is 50.4 Å². The quantitative estimate of drug-likeness (QED) is 0.759. The first-order valence-electron chi connectivity index (χ1n) is 8.10. The highest BCUT2D eigenvalue weighted by Crippen LogP contribution is 2.17. The molecule has 0 aromatic heterocycles. The van der Waals surface area contributed by atoms with Crippen LogP contribution >= 0.6 is 0 Å². The van der Waals surface area contributed by atoms with E-state index in [0.717, 1.165) is 24.8 Å². The van der Waals surface area contributed by atoms with Crippen molar-refractivity contribution >= 4 is 6.03 Å². The van der Waals surface area contributed by atoms with Crippen LogP contribution in [0.3, 0.4) is 0 Å². The number of ether oxygens (including phenoxy) is 1. The van der Waals surface area contributed by atoms with Crippen molar-refractivity contribution < 1.29 is 13.9 Å². The van der Waals surface area contributed by atoms with Gasteiger partial charge in [-0.25, -0.2) is 9.18 Å². The highest BCUT2D eigenvalue weighted by Gasteiger charge is 2.14. The second-order valence-corrected chi connectivity index (χ2v) is 5.77. The van der Waals surface area contributed by atoms with Crippen molar-refractivity contribution in [3.63, 3.8) is 0 Å². The molecule has 0 bridgehead atoms. The van der Waals surface area contributed by atoms with Crippen LogP contribution in [-0.2, 0) is 11.3 Å². The average molecular weight is 308 g/mol. The fourth-order valence-electron chi connectivity index (χ4n) is 2.63. The number of carbonyl (C=O) groups excluding carboxylic acids is 1. The van der Waals surface area contributed by atoms with Crippen molar-refractivity contribution in [2.24, 2.45) is 0 Å². The molecule has 5 heteroatoms. The van der Waals surface area contributed by atoms with Gasteiger partial charge < -0.3 is 15.4 Å². The highest BCUT2D eigenvalue weighted by molar-refractivity contribution is 5.74. The molecule has 2 rings (SSSR count). The molecule has 1 aliphatic carbocycles. The molecule has 1 aromatic rings. The first-order chi connectivity index (χ1) is 10.7. The van der Waals surface area contributed by atoms with Gasteiger partial charge in [0.1, 0.15) is 5.82 Å². The van der Waals surface area contributed by atoms with Gasteiger partial charge in [0.2, 0.25) is 0 Å². The number of nitrogens with one attached hydrogen (secondary N) is 2. The third-order valence-electron chi connectivity index (χ3n) is 3.87. The molecule has 4 nitrogen and oxygen atoms in total. The molecule has 0 radical (unpaired) electrons. The fraction of sp³-hybridized carbons (Fsp3) is 0.588. The highest BCUT2D eigenvalue weighted by atomic mass is 19.1. The summed E-state index contributed by atoms with van der Waals surface area (Å²) in [5.41, 5.74) is 0.949. The van der Waals surface area contributed by atoms with Crippen molar-refractivity contribution in [1.29, 1.82) is 0 Å². The van der Waals surface area contributed by atoms with E-state index in [4.69, 9.17) is 4.74 Å². The summed E-state index contributed by atoms with van der Waals surface area (Å²) in [6.07, 6.45) is 6.65. The maximum atomic E-state index is 12.7. The van der Waals surface area contributed by atoms with Crippen LogP contribution in [0.4, 0.5) is 9.18 Å². The molecule has 2 amide bonds. The zero-order valence-corrected chi connectivity index (χ0v) is 12.9. The summed E-state index contributed by atoms with van der Waals surface area (Å²) in [4.78, 5) is 11.7. The van der Waals surface area contributed by atoms with Gasteiger partial charge in [0.15, 0.2) is 0 Å². The summed E-state index contributed by atoms with van der Waals surface area (Å²) < 4.78 is 18.2. The van der Waals surface area contributed by atoms with Crippen LogP contribution in [0.5, 0.6) is 0 Å². The molecule has 0 aliphatic heterocycles. The van der Waals surface area contributed by atoms with Crippen molar-refractivity contribution in [2.45, 2.75) is 51.2 Å². The van der Waals surface area contributed by atoms with Crippen molar-refractivity contribution in [2.75, 3.05) is 13.2 Å². The third kappa shape index (κ3) is 6.43. The second kappa shape index (κ2) is 9.41. The van der Waals surface area contributed by atoms with Crippen LogP contribution in [0, 0.1) is 5.82 Å². The molecular formula is C17H25FN2O2. The summed E-state index contributed by atoms with van der Waals surface area (Å²) >= 11 is 0. The first kappa shape index (κ1) is 16.7. The van der Waals surface area contributed by atoms with Crippen molar-refractivity contribution in [1.82, 2.24) is 10.6 Å². The molecule has 22 heavy (non-hydrogen) atoms. The predicted molar refractivity (Wildman–Crippen MR) is 84.1 cm³/mol. The lowest BCUT2D eigenvalue weighted by atomic mass is 9.96. The summed E-state index contributed by atoms with van der Waals surface area (Å²) in [5.74, 6) is -0.239. The Labute approximate surface area is 131 Å². The number of carbonyl (C=O) groups is 1. The van der Waals surface area contributed by atoms with E-state index in [2.05, 4.69) is 10.6 Å². The molecule has 0 saturated heterocycles. The maximum absolute atomic E-state index is 12.7. The van der Waals surface area contributed by atoms with E-state index in [-0.39, 0.29) is 11.8 Å². The molecule has 1 aromatic carbocycles. The lowest BCUT2D eigenvalue weighted by Gasteiger charge is -2.22. The summed E-state index contributed by atoms with van der Waals surface area (Å²) in [5, 5.41) is 5.87. The van der Waals surface area contributed by atoms with Gasteiger partial charge in [-0.15, -0.1) is 0 Å². The van der Waals surface area contributed by atoms with E-state index >= 15 is 0 Å². The van der Waals surface area contributed by atoms with Crippen LogP contribution in [0.15, 0.2) is 24.3 Å². The van der Waals surface area contributed by atoms with E-state index < -0.39 is 0 Å². The molecule has 0 spiro atoms. The minimum absolute atomic E-state index is 0.0783. The van der Waals surface area contributed by atoms with Crippen LogP contribution < -0.4 is 10.6 Å². The number of benzene rings is 1. The Bertz CT molecular complexity index is 444. The van der Waals surface area contributed by atoms with Gasteiger partial charge >= 0.3 is 6.03 Å². The Morgan fingerprint density at radius 2 is 1.91 bits per heavy atom.